The van der Waals surface area contributed by atoms with E-state index in [1.807, 2.05) is 34.9 Å². The van der Waals surface area contributed by atoms with Crippen LogP contribution in [-0.4, -0.2) is 52.6 Å². The zero-order valence-electron chi connectivity index (χ0n) is 15.4. The number of carbonyl (C=O) groups excluding carboxylic acids is 1. The highest BCUT2D eigenvalue weighted by Crippen LogP contribution is 2.28. The van der Waals surface area contributed by atoms with Crippen molar-refractivity contribution in [2.24, 2.45) is 0 Å². The van der Waals surface area contributed by atoms with Crippen molar-refractivity contribution in [1.82, 2.24) is 14.8 Å². The van der Waals surface area contributed by atoms with Crippen molar-refractivity contribution < 1.29 is 9.53 Å². The SMILES string of the molecule is O=C(CSc1nnc(N2CCOCC2)n1-c1ccccc1)c1ccc(Cl)c(Cl)c1. The molecule has 2 aromatic carbocycles. The lowest BCUT2D eigenvalue weighted by molar-refractivity contribution is 0.102. The molecular weight excluding hydrogens is 431 g/mol. The van der Waals surface area contributed by atoms with Crippen molar-refractivity contribution in [3.63, 3.8) is 0 Å². The summed E-state index contributed by atoms with van der Waals surface area (Å²) in [4.78, 5) is 14.8. The van der Waals surface area contributed by atoms with Crippen molar-refractivity contribution in [2.75, 3.05) is 37.0 Å². The Bertz CT molecular complexity index is 1010. The molecular formula is C20H18Cl2N4O2S. The molecule has 1 aliphatic rings. The molecule has 150 valence electrons. The van der Waals surface area contributed by atoms with E-state index < -0.39 is 0 Å². The summed E-state index contributed by atoms with van der Waals surface area (Å²) in [6.45, 7) is 2.80. The van der Waals surface area contributed by atoms with Crippen LogP contribution in [0, 0.1) is 0 Å². The molecule has 0 spiro atoms. The van der Waals surface area contributed by atoms with E-state index in [1.54, 1.807) is 18.2 Å². The third-order valence-electron chi connectivity index (χ3n) is 4.50. The molecule has 29 heavy (non-hydrogen) atoms. The maximum absolute atomic E-state index is 12.6. The number of hydrogen-bond acceptors (Lipinski definition) is 6. The van der Waals surface area contributed by atoms with Crippen LogP contribution >= 0.6 is 35.0 Å². The quantitative estimate of drug-likeness (QED) is 0.411. The topological polar surface area (TPSA) is 60.3 Å². The predicted octanol–water partition coefficient (Wildman–Crippen LogP) is 4.39. The number of aromatic nitrogens is 3. The molecule has 1 saturated heterocycles. The number of rotatable bonds is 6. The van der Waals surface area contributed by atoms with Gasteiger partial charge in [0.2, 0.25) is 5.95 Å². The molecule has 2 heterocycles. The Hall–Kier alpha value is -2.06. The smallest absolute Gasteiger partial charge is 0.232 e. The van der Waals surface area contributed by atoms with Gasteiger partial charge in [0.05, 0.1) is 34.7 Å². The highest BCUT2D eigenvalue weighted by Gasteiger charge is 2.22. The Morgan fingerprint density at radius 2 is 1.79 bits per heavy atom. The number of ketones is 1. The molecule has 0 amide bonds. The first-order valence-electron chi connectivity index (χ1n) is 9.08. The molecule has 0 atom stereocenters. The molecule has 0 N–H and O–H groups in total. The van der Waals surface area contributed by atoms with Gasteiger partial charge in [-0.1, -0.05) is 53.2 Å². The van der Waals surface area contributed by atoms with Gasteiger partial charge in [0, 0.05) is 18.7 Å². The summed E-state index contributed by atoms with van der Waals surface area (Å²) in [5.74, 6) is 0.916. The summed E-state index contributed by atoms with van der Waals surface area (Å²) in [6.07, 6.45) is 0. The first kappa shape index (κ1) is 20.2. The maximum Gasteiger partial charge on any atom is 0.232 e. The predicted molar refractivity (Wildman–Crippen MR) is 116 cm³/mol. The van der Waals surface area contributed by atoms with Crippen LogP contribution in [0.15, 0.2) is 53.7 Å². The van der Waals surface area contributed by atoms with Gasteiger partial charge in [0.15, 0.2) is 10.9 Å². The third kappa shape index (κ3) is 4.59. The Labute approximate surface area is 182 Å². The first-order chi connectivity index (χ1) is 14.1. The van der Waals surface area contributed by atoms with E-state index in [4.69, 9.17) is 27.9 Å². The van der Waals surface area contributed by atoms with E-state index in [9.17, 15) is 4.79 Å². The van der Waals surface area contributed by atoms with Crippen LogP contribution in [0.1, 0.15) is 10.4 Å². The molecule has 0 unspecified atom stereocenters. The molecule has 0 radical (unpaired) electrons. The maximum atomic E-state index is 12.6. The Morgan fingerprint density at radius 3 is 2.52 bits per heavy atom. The summed E-state index contributed by atoms with van der Waals surface area (Å²) in [7, 11) is 0. The molecule has 1 aromatic heterocycles. The van der Waals surface area contributed by atoms with Gasteiger partial charge in [-0.05, 0) is 30.3 Å². The largest absolute Gasteiger partial charge is 0.378 e. The van der Waals surface area contributed by atoms with E-state index in [0.717, 1.165) is 24.7 Å². The summed E-state index contributed by atoms with van der Waals surface area (Å²) < 4.78 is 7.43. The molecule has 0 aliphatic carbocycles. The number of thioether (sulfide) groups is 1. The van der Waals surface area contributed by atoms with Crippen molar-refractivity contribution in [2.45, 2.75) is 5.16 Å². The van der Waals surface area contributed by atoms with E-state index in [1.165, 1.54) is 11.8 Å². The lowest BCUT2D eigenvalue weighted by Gasteiger charge is -2.27. The second-order valence-corrected chi connectivity index (χ2v) is 8.15. The Kier molecular flexibility index (Phi) is 6.40. The number of hydrogen-bond donors (Lipinski definition) is 0. The van der Waals surface area contributed by atoms with Gasteiger partial charge in [-0.15, -0.1) is 10.2 Å². The number of morpholine rings is 1. The zero-order valence-corrected chi connectivity index (χ0v) is 17.8. The number of halogens is 2. The minimum absolute atomic E-state index is 0.0518. The minimum atomic E-state index is -0.0518. The van der Waals surface area contributed by atoms with Gasteiger partial charge in [-0.25, -0.2) is 0 Å². The van der Waals surface area contributed by atoms with Crippen LogP contribution in [-0.2, 0) is 4.74 Å². The average Bonchev–Trinajstić information content (AvgIpc) is 3.19. The fourth-order valence-corrected chi connectivity index (χ4v) is 4.15. The van der Waals surface area contributed by atoms with Crippen LogP contribution in [0.5, 0.6) is 0 Å². The fourth-order valence-electron chi connectivity index (χ4n) is 3.01. The Morgan fingerprint density at radius 1 is 1.03 bits per heavy atom. The van der Waals surface area contributed by atoms with Crippen LogP contribution < -0.4 is 4.90 Å². The average molecular weight is 449 g/mol. The number of Topliss-reactive ketones (excluding diaryl/α,β-unsaturated/α-hetero) is 1. The molecule has 9 heteroatoms. The van der Waals surface area contributed by atoms with Gasteiger partial charge in [0.1, 0.15) is 0 Å². The van der Waals surface area contributed by atoms with E-state index in [-0.39, 0.29) is 11.5 Å². The zero-order chi connectivity index (χ0) is 20.2. The van der Waals surface area contributed by atoms with Crippen LogP contribution in [0.2, 0.25) is 10.0 Å². The van der Waals surface area contributed by atoms with Crippen molar-refractivity contribution in [3.05, 3.63) is 64.1 Å². The number of para-hydroxylation sites is 1. The second-order valence-electron chi connectivity index (χ2n) is 6.39. The van der Waals surface area contributed by atoms with Crippen LogP contribution in [0.4, 0.5) is 5.95 Å². The van der Waals surface area contributed by atoms with Crippen LogP contribution in [0.25, 0.3) is 5.69 Å². The summed E-state index contributed by atoms with van der Waals surface area (Å²) in [6, 6.07) is 14.8. The first-order valence-corrected chi connectivity index (χ1v) is 10.8. The molecule has 6 nitrogen and oxygen atoms in total. The third-order valence-corrected chi connectivity index (χ3v) is 6.17. The summed E-state index contributed by atoms with van der Waals surface area (Å²) in [5, 5.41) is 10.2. The lowest BCUT2D eigenvalue weighted by atomic mass is 10.1. The molecule has 0 bridgehead atoms. The standard InChI is InChI=1S/C20H18Cl2N4O2S/c21-16-7-6-14(12-17(16)22)18(27)13-29-20-24-23-19(25-8-10-28-11-9-25)26(20)15-4-2-1-3-5-15/h1-7,12H,8-11,13H2. The Balaban J connectivity index is 1.59. The van der Waals surface area contributed by atoms with Gasteiger partial charge < -0.3 is 9.64 Å². The fraction of sp³-hybridized carbons (Fsp3) is 0.250. The van der Waals surface area contributed by atoms with E-state index in [2.05, 4.69) is 15.1 Å². The molecule has 1 aliphatic heterocycles. The highest BCUT2D eigenvalue weighted by atomic mass is 35.5. The minimum Gasteiger partial charge on any atom is -0.378 e. The van der Waals surface area contributed by atoms with Gasteiger partial charge in [-0.3, -0.25) is 9.36 Å². The second kappa shape index (κ2) is 9.17. The number of carbonyl (C=O) groups is 1. The van der Waals surface area contributed by atoms with Crippen molar-refractivity contribution in [3.8, 4) is 5.69 Å². The van der Waals surface area contributed by atoms with Gasteiger partial charge in [-0.2, -0.15) is 0 Å². The number of anilines is 1. The van der Waals surface area contributed by atoms with Crippen molar-refractivity contribution in [1.29, 1.82) is 0 Å². The lowest BCUT2D eigenvalue weighted by Crippen LogP contribution is -2.37. The monoisotopic (exact) mass is 448 g/mol. The summed E-state index contributed by atoms with van der Waals surface area (Å²) in [5.41, 5.74) is 1.47. The van der Waals surface area contributed by atoms with E-state index >= 15 is 0 Å². The molecule has 3 aromatic rings. The van der Waals surface area contributed by atoms with Crippen molar-refractivity contribution >= 4 is 46.7 Å². The number of nitrogens with zero attached hydrogens (tertiary/aromatic N) is 4. The van der Waals surface area contributed by atoms with Gasteiger partial charge >= 0.3 is 0 Å². The van der Waals surface area contributed by atoms with E-state index in [0.29, 0.717) is 34.0 Å². The van der Waals surface area contributed by atoms with Gasteiger partial charge in [0.25, 0.3) is 0 Å². The van der Waals surface area contributed by atoms with Crippen LogP contribution in [0.3, 0.4) is 0 Å². The molecule has 0 saturated carbocycles. The normalized spacial score (nSPS) is 14.2. The molecule has 4 rings (SSSR count). The molecule has 1 fully saturated rings. The highest BCUT2D eigenvalue weighted by molar-refractivity contribution is 7.99. The number of benzene rings is 2. The summed E-state index contributed by atoms with van der Waals surface area (Å²) >= 11 is 13.3. The number of ether oxygens (including phenoxy) is 1.